The van der Waals surface area contributed by atoms with Crippen molar-refractivity contribution in [1.82, 2.24) is 14.6 Å². The van der Waals surface area contributed by atoms with E-state index in [1.54, 1.807) is 12.1 Å². The van der Waals surface area contributed by atoms with E-state index in [-0.39, 0.29) is 35.4 Å². The smallest absolute Gasteiger partial charge is 0.212 e. The number of hydrogen-bond donors (Lipinski definition) is 3. The minimum absolute atomic E-state index is 0.0445. The Balaban J connectivity index is 1.62. The van der Waals surface area contributed by atoms with E-state index >= 15 is 0 Å². The van der Waals surface area contributed by atoms with E-state index in [4.69, 9.17) is 17.3 Å². The molecule has 34 heavy (non-hydrogen) atoms. The van der Waals surface area contributed by atoms with Crippen molar-refractivity contribution in [3.63, 3.8) is 0 Å². The van der Waals surface area contributed by atoms with E-state index in [9.17, 15) is 13.2 Å². The summed E-state index contributed by atoms with van der Waals surface area (Å²) in [5, 5.41) is 4.35. The third kappa shape index (κ3) is 7.39. The van der Waals surface area contributed by atoms with Gasteiger partial charge in [-0.3, -0.25) is 4.79 Å². The highest BCUT2D eigenvalue weighted by atomic mass is 35.5. The summed E-state index contributed by atoms with van der Waals surface area (Å²) in [7, 11) is 0.667. The number of anilines is 2. The summed E-state index contributed by atoms with van der Waals surface area (Å²) in [6.45, 7) is 4.49. The number of sulfonamides is 1. The normalized spacial score (nSPS) is 19.0. The van der Waals surface area contributed by atoms with Crippen molar-refractivity contribution in [2.24, 2.45) is 5.92 Å². The molecule has 1 aromatic heterocycles. The second-order valence-electron chi connectivity index (χ2n) is 9.60. The molecule has 4 N–H and O–H groups in total. The van der Waals surface area contributed by atoms with Gasteiger partial charge < -0.3 is 16.0 Å². The van der Waals surface area contributed by atoms with Crippen LogP contribution >= 0.6 is 22.9 Å². The predicted octanol–water partition coefficient (Wildman–Crippen LogP) is 3.97. The number of rotatable bonds is 10. The van der Waals surface area contributed by atoms with Crippen molar-refractivity contribution in [2.75, 3.05) is 30.9 Å². The third-order valence-electron chi connectivity index (χ3n) is 5.59. The first-order valence-electron chi connectivity index (χ1n) is 11.4. The van der Waals surface area contributed by atoms with Crippen LogP contribution in [0.5, 0.6) is 0 Å². The van der Waals surface area contributed by atoms with Crippen molar-refractivity contribution in [2.45, 2.75) is 58.2 Å². The first-order chi connectivity index (χ1) is 15.9. The number of nitrogen functional groups attached to an aromatic ring is 1. The molecule has 0 aliphatic heterocycles. The van der Waals surface area contributed by atoms with Gasteiger partial charge in [-0.25, -0.2) is 18.1 Å². The summed E-state index contributed by atoms with van der Waals surface area (Å²) in [4.78, 5) is 19.9. The third-order valence-corrected chi connectivity index (χ3v) is 8.72. The van der Waals surface area contributed by atoms with Gasteiger partial charge in [0, 0.05) is 24.2 Å². The van der Waals surface area contributed by atoms with Crippen molar-refractivity contribution in [1.29, 1.82) is 0 Å². The molecule has 1 fully saturated rings. The number of thiazole rings is 1. The van der Waals surface area contributed by atoms with Gasteiger partial charge in [-0.1, -0.05) is 42.9 Å². The largest absolute Gasteiger partial charge is 0.382 e. The Labute approximate surface area is 211 Å². The van der Waals surface area contributed by atoms with Crippen LogP contribution in [0.15, 0.2) is 18.2 Å². The second kappa shape index (κ2) is 11.3. The topological polar surface area (TPSA) is 117 Å². The molecule has 0 unspecified atom stereocenters. The van der Waals surface area contributed by atoms with Gasteiger partial charge >= 0.3 is 0 Å². The van der Waals surface area contributed by atoms with Crippen molar-refractivity contribution in [3.8, 4) is 0 Å². The highest BCUT2D eigenvalue weighted by molar-refractivity contribution is 7.89. The van der Waals surface area contributed by atoms with Gasteiger partial charge in [-0.15, -0.1) is 0 Å². The zero-order valence-electron chi connectivity index (χ0n) is 20.1. The van der Waals surface area contributed by atoms with Crippen molar-refractivity contribution < 1.29 is 13.2 Å². The Morgan fingerprint density at radius 1 is 1.24 bits per heavy atom. The SMILES string of the molecule is CC(C)CS(=O)(=O)N[C@H]1CC[C@H](Nc2nc(N)c(C(=O)c3cc(CN(C)C)ccc3Cl)s2)CC1. The molecule has 0 amide bonds. The molecule has 1 saturated carbocycles. The van der Waals surface area contributed by atoms with Crippen LogP contribution in [0.1, 0.15) is 60.3 Å². The molecule has 0 atom stereocenters. The molecule has 188 valence electrons. The molecule has 3 rings (SSSR count). The zero-order valence-corrected chi connectivity index (χ0v) is 22.5. The van der Waals surface area contributed by atoms with E-state index in [0.717, 1.165) is 31.2 Å². The monoisotopic (exact) mass is 527 g/mol. The number of benzene rings is 1. The van der Waals surface area contributed by atoms with Crippen LogP contribution < -0.4 is 15.8 Å². The van der Waals surface area contributed by atoms with E-state index in [0.29, 0.717) is 27.1 Å². The Morgan fingerprint density at radius 3 is 2.50 bits per heavy atom. The lowest BCUT2D eigenvalue weighted by atomic mass is 9.92. The number of nitrogens with zero attached hydrogens (tertiary/aromatic N) is 2. The fraction of sp³-hybridized carbons (Fsp3) is 0.565. The van der Waals surface area contributed by atoms with E-state index < -0.39 is 10.0 Å². The number of ketones is 1. The number of nitrogens with one attached hydrogen (secondary N) is 2. The highest BCUT2D eigenvalue weighted by Gasteiger charge is 2.27. The molecule has 1 heterocycles. The van der Waals surface area contributed by atoms with E-state index in [1.807, 2.05) is 38.9 Å². The number of hydrogen-bond acceptors (Lipinski definition) is 8. The Bertz CT molecular complexity index is 1110. The molecule has 1 aliphatic rings. The molecule has 2 aromatic rings. The number of halogens is 1. The van der Waals surface area contributed by atoms with Crippen LogP contribution in [0.2, 0.25) is 5.02 Å². The Morgan fingerprint density at radius 2 is 1.88 bits per heavy atom. The summed E-state index contributed by atoms with van der Waals surface area (Å²) >= 11 is 7.55. The van der Waals surface area contributed by atoms with Gasteiger partial charge in [0.25, 0.3) is 0 Å². The minimum atomic E-state index is -3.26. The first-order valence-corrected chi connectivity index (χ1v) is 14.3. The predicted molar refractivity (Wildman–Crippen MR) is 140 cm³/mol. The molecule has 0 radical (unpaired) electrons. The van der Waals surface area contributed by atoms with Crippen LogP contribution in [-0.2, 0) is 16.6 Å². The lowest BCUT2D eigenvalue weighted by Crippen LogP contribution is -2.41. The fourth-order valence-corrected chi connectivity index (χ4v) is 7.00. The standard InChI is InChI=1S/C23H34ClN5O3S2/c1-14(2)13-34(31,32)28-17-8-6-16(7-9-17)26-23-27-22(25)21(33-23)20(30)18-11-15(12-29(3)4)5-10-19(18)24/h5,10-11,14,16-17,28H,6-9,12-13,25H2,1-4H3,(H,26,27)/t16-,17-. The summed E-state index contributed by atoms with van der Waals surface area (Å²) < 4.78 is 27.2. The van der Waals surface area contributed by atoms with Gasteiger partial charge in [-0.2, -0.15) is 0 Å². The molecule has 0 spiro atoms. The average molecular weight is 528 g/mol. The summed E-state index contributed by atoms with van der Waals surface area (Å²) in [5.74, 6) is 0.175. The number of aromatic nitrogens is 1. The van der Waals surface area contributed by atoms with Crippen LogP contribution in [0.4, 0.5) is 10.9 Å². The Kier molecular flexibility index (Phi) is 8.97. The summed E-state index contributed by atoms with van der Waals surface area (Å²) in [5.41, 5.74) is 7.50. The van der Waals surface area contributed by atoms with Crippen LogP contribution in [0.25, 0.3) is 0 Å². The van der Waals surface area contributed by atoms with Gasteiger partial charge in [0.1, 0.15) is 10.7 Å². The molecule has 0 saturated heterocycles. The lowest BCUT2D eigenvalue weighted by Gasteiger charge is -2.29. The van der Waals surface area contributed by atoms with E-state index in [1.165, 1.54) is 11.3 Å². The van der Waals surface area contributed by atoms with Crippen LogP contribution in [-0.4, -0.2) is 56.0 Å². The quantitative estimate of drug-likeness (QED) is 0.400. The molecular formula is C23H34ClN5O3S2. The first kappa shape index (κ1) is 26.9. The molecule has 1 aromatic carbocycles. The number of carbonyl (C=O) groups excluding carboxylic acids is 1. The van der Waals surface area contributed by atoms with Crippen molar-refractivity contribution in [3.05, 3.63) is 39.2 Å². The van der Waals surface area contributed by atoms with Gasteiger partial charge in [-0.05, 0) is 63.4 Å². The zero-order chi connectivity index (χ0) is 25.0. The molecule has 8 nitrogen and oxygen atoms in total. The molecule has 0 bridgehead atoms. The summed E-state index contributed by atoms with van der Waals surface area (Å²) in [6.07, 6.45) is 3.10. The number of carbonyl (C=O) groups is 1. The summed E-state index contributed by atoms with van der Waals surface area (Å²) in [6, 6.07) is 5.54. The maximum atomic E-state index is 13.2. The van der Waals surface area contributed by atoms with Crippen LogP contribution in [0.3, 0.4) is 0 Å². The maximum Gasteiger partial charge on any atom is 0.212 e. The van der Waals surface area contributed by atoms with Crippen LogP contribution in [0, 0.1) is 5.92 Å². The lowest BCUT2D eigenvalue weighted by molar-refractivity contribution is 0.104. The molecule has 1 aliphatic carbocycles. The van der Waals surface area contributed by atoms with Gasteiger partial charge in [0.05, 0.1) is 10.8 Å². The second-order valence-corrected chi connectivity index (χ2v) is 12.8. The molecular weight excluding hydrogens is 494 g/mol. The highest BCUT2D eigenvalue weighted by Crippen LogP contribution is 2.32. The minimum Gasteiger partial charge on any atom is -0.382 e. The maximum absolute atomic E-state index is 13.2. The molecule has 11 heteroatoms. The number of nitrogens with two attached hydrogens (primary N) is 1. The van der Waals surface area contributed by atoms with Gasteiger partial charge in [0.2, 0.25) is 15.8 Å². The fourth-order valence-electron chi connectivity index (χ4n) is 4.16. The average Bonchev–Trinajstić information content (AvgIpc) is 3.08. The van der Waals surface area contributed by atoms with Gasteiger partial charge in [0.15, 0.2) is 5.13 Å². The van der Waals surface area contributed by atoms with E-state index in [2.05, 4.69) is 15.0 Å². The Hall–Kier alpha value is -1.72. The van der Waals surface area contributed by atoms with Crippen molar-refractivity contribution >= 4 is 49.7 Å².